The molecule has 1 amide bonds. The van der Waals surface area contributed by atoms with E-state index in [4.69, 9.17) is 5.73 Å². The molecule has 74 valence electrons. The highest BCUT2D eigenvalue weighted by molar-refractivity contribution is 5.90. The molecule has 0 aliphatic carbocycles. The van der Waals surface area contributed by atoms with Crippen LogP contribution in [0.25, 0.3) is 6.08 Å². The highest BCUT2D eigenvalue weighted by atomic mass is 19.2. The Kier molecular flexibility index (Phi) is 2.91. The van der Waals surface area contributed by atoms with E-state index in [2.05, 4.69) is 0 Å². The zero-order valence-electron chi connectivity index (χ0n) is 6.93. The van der Waals surface area contributed by atoms with Crippen LogP contribution >= 0.6 is 0 Å². The predicted octanol–water partition coefficient (Wildman–Crippen LogP) is 1.60. The SMILES string of the molecule is NC(=O)C=Cc1cc(F)c(F)c(F)c1. The van der Waals surface area contributed by atoms with Gasteiger partial charge in [0.15, 0.2) is 17.5 Å². The predicted molar refractivity (Wildman–Crippen MR) is 44.5 cm³/mol. The zero-order chi connectivity index (χ0) is 10.7. The number of hydrogen-bond donors (Lipinski definition) is 1. The van der Waals surface area contributed by atoms with Gasteiger partial charge in [-0.25, -0.2) is 13.2 Å². The molecule has 1 aromatic carbocycles. The quantitative estimate of drug-likeness (QED) is 0.573. The Balaban J connectivity index is 3.07. The van der Waals surface area contributed by atoms with Crippen molar-refractivity contribution in [2.45, 2.75) is 0 Å². The van der Waals surface area contributed by atoms with Crippen LogP contribution in [-0.2, 0) is 4.79 Å². The average Bonchev–Trinajstić information content (AvgIpc) is 2.10. The fourth-order valence-corrected chi connectivity index (χ4v) is 0.850. The molecule has 0 spiro atoms. The first-order valence-corrected chi connectivity index (χ1v) is 3.63. The summed E-state index contributed by atoms with van der Waals surface area (Å²) in [5, 5.41) is 0. The topological polar surface area (TPSA) is 43.1 Å². The molecule has 0 saturated carbocycles. The zero-order valence-corrected chi connectivity index (χ0v) is 6.93. The molecule has 0 bridgehead atoms. The second-order valence-electron chi connectivity index (χ2n) is 2.53. The Labute approximate surface area is 77.8 Å². The largest absolute Gasteiger partial charge is 0.366 e. The third-order valence-electron chi connectivity index (χ3n) is 1.45. The molecule has 0 aliphatic rings. The molecule has 0 atom stereocenters. The Morgan fingerprint density at radius 3 is 2.14 bits per heavy atom. The molecule has 0 radical (unpaired) electrons. The van der Waals surface area contributed by atoms with Crippen molar-refractivity contribution in [3.8, 4) is 0 Å². The fourth-order valence-electron chi connectivity index (χ4n) is 0.850. The van der Waals surface area contributed by atoms with E-state index >= 15 is 0 Å². The summed E-state index contributed by atoms with van der Waals surface area (Å²) in [6.45, 7) is 0. The molecule has 0 saturated heterocycles. The third kappa shape index (κ3) is 2.35. The number of carbonyl (C=O) groups excluding carboxylic acids is 1. The average molecular weight is 201 g/mol. The molecule has 2 nitrogen and oxygen atoms in total. The molecule has 1 rings (SSSR count). The van der Waals surface area contributed by atoms with Crippen LogP contribution in [0.2, 0.25) is 0 Å². The van der Waals surface area contributed by atoms with Gasteiger partial charge in [0.1, 0.15) is 0 Å². The number of amides is 1. The maximum atomic E-state index is 12.6. The van der Waals surface area contributed by atoms with Crippen molar-refractivity contribution in [2.75, 3.05) is 0 Å². The van der Waals surface area contributed by atoms with Crippen LogP contribution in [0.5, 0.6) is 0 Å². The molecule has 1 aromatic rings. The van der Waals surface area contributed by atoms with E-state index in [1.165, 1.54) is 0 Å². The van der Waals surface area contributed by atoms with Gasteiger partial charge in [0.25, 0.3) is 0 Å². The number of halogens is 3. The van der Waals surface area contributed by atoms with Gasteiger partial charge in [0, 0.05) is 6.08 Å². The number of carbonyl (C=O) groups is 1. The lowest BCUT2D eigenvalue weighted by Crippen LogP contribution is -2.05. The summed E-state index contributed by atoms with van der Waals surface area (Å²) in [5.74, 6) is -4.92. The number of hydrogen-bond acceptors (Lipinski definition) is 1. The van der Waals surface area contributed by atoms with Gasteiger partial charge in [-0.3, -0.25) is 4.79 Å². The minimum Gasteiger partial charge on any atom is -0.366 e. The van der Waals surface area contributed by atoms with E-state index in [1.807, 2.05) is 0 Å². The molecule has 5 heteroatoms. The van der Waals surface area contributed by atoms with Crippen molar-refractivity contribution >= 4 is 12.0 Å². The molecule has 0 aromatic heterocycles. The van der Waals surface area contributed by atoms with Crippen molar-refractivity contribution < 1.29 is 18.0 Å². The van der Waals surface area contributed by atoms with Gasteiger partial charge < -0.3 is 5.73 Å². The van der Waals surface area contributed by atoms with Crippen LogP contribution in [0.4, 0.5) is 13.2 Å². The van der Waals surface area contributed by atoms with Crippen LogP contribution in [0.3, 0.4) is 0 Å². The summed E-state index contributed by atoms with van der Waals surface area (Å²) in [6.07, 6.45) is 2.01. The summed E-state index contributed by atoms with van der Waals surface area (Å²) in [5.41, 5.74) is 4.79. The van der Waals surface area contributed by atoms with E-state index in [0.29, 0.717) is 0 Å². The Hall–Kier alpha value is -1.78. The molecule has 0 unspecified atom stereocenters. The van der Waals surface area contributed by atoms with Crippen LogP contribution in [0, 0.1) is 17.5 Å². The van der Waals surface area contributed by atoms with Crippen molar-refractivity contribution in [2.24, 2.45) is 5.73 Å². The molecular formula is C9H6F3NO. The Morgan fingerprint density at radius 1 is 1.21 bits per heavy atom. The highest BCUT2D eigenvalue weighted by Crippen LogP contribution is 2.14. The lowest BCUT2D eigenvalue weighted by atomic mass is 10.2. The number of nitrogens with two attached hydrogens (primary N) is 1. The maximum Gasteiger partial charge on any atom is 0.241 e. The highest BCUT2D eigenvalue weighted by Gasteiger charge is 2.08. The summed E-state index contributed by atoms with van der Waals surface area (Å²) in [4.78, 5) is 10.3. The van der Waals surface area contributed by atoms with Gasteiger partial charge in [-0.15, -0.1) is 0 Å². The number of rotatable bonds is 2. The first-order valence-electron chi connectivity index (χ1n) is 3.63. The van der Waals surface area contributed by atoms with Crippen molar-refractivity contribution in [3.63, 3.8) is 0 Å². The fraction of sp³-hybridized carbons (Fsp3) is 0. The Bertz CT molecular complexity index is 378. The monoisotopic (exact) mass is 201 g/mol. The minimum absolute atomic E-state index is 0.0280. The molecule has 2 N–H and O–H groups in total. The lowest BCUT2D eigenvalue weighted by molar-refractivity contribution is -0.113. The molecule has 0 aliphatic heterocycles. The van der Waals surface area contributed by atoms with Gasteiger partial charge in [0.2, 0.25) is 5.91 Å². The van der Waals surface area contributed by atoms with Gasteiger partial charge in [-0.2, -0.15) is 0 Å². The van der Waals surface area contributed by atoms with Gasteiger partial charge in [-0.05, 0) is 23.8 Å². The number of benzene rings is 1. The summed E-state index contributed by atoms with van der Waals surface area (Å²) < 4.78 is 37.6. The van der Waals surface area contributed by atoms with E-state index in [-0.39, 0.29) is 5.56 Å². The van der Waals surface area contributed by atoms with Crippen molar-refractivity contribution in [1.82, 2.24) is 0 Å². The first-order chi connectivity index (χ1) is 6.50. The van der Waals surface area contributed by atoms with E-state index in [9.17, 15) is 18.0 Å². The van der Waals surface area contributed by atoms with Crippen LogP contribution in [0.15, 0.2) is 18.2 Å². The van der Waals surface area contributed by atoms with E-state index < -0.39 is 23.4 Å². The Morgan fingerprint density at radius 2 is 1.71 bits per heavy atom. The standard InChI is InChI=1S/C9H6F3NO/c10-6-3-5(1-2-8(13)14)4-7(11)9(6)12/h1-4H,(H2,13,14). The van der Waals surface area contributed by atoms with Gasteiger partial charge in [-0.1, -0.05) is 0 Å². The van der Waals surface area contributed by atoms with E-state index in [1.54, 1.807) is 0 Å². The molecular weight excluding hydrogens is 195 g/mol. The van der Waals surface area contributed by atoms with Crippen LogP contribution in [0.1, 0.15) is 5.56 Å². The summed E-state index contributed by atoms with van der Waals surface area (Å²) in [6, 6.07) is 1.52. The second-order valence-corrected chi connectivity index (χ2v) is 2.53. The van der Waals surface area contributed by atoms with E-state index in [0.717, 1.165) is 24.3 Å². The third-order valence-corrected chi connectivity index (χ3v) is 1.45. The van der Waals surface area contributed by atoms with Crippen LogP contribution in [-0.4, -0.2) is 5.91 Å². The summed E-state index contributed by atoms with van der Waals surface area (Å²) >= 11 is 0. The normalized spacial score (nSPS) is 10.8. The van der Waals surface area contributed by atoms with Crippen LogP contribution < -0.4 is 5.73 Å². The molecule has 0 fully saturated rings. The molecule has 0 heterocycles. The molecule has 14 heavy (non-hydrogen) atoms. The first kappa shape index (κ1) is 10.3. The van der Waals surface area contributed by atoms with Gasteiger partial charge >= 0.3 is 0 Å². The lowest BCUT2D eigenvalue weighted by Gasteiger charge is -1.97. The van der Waals surface area contributed by atoms with Crippen molar-refractivity contribution in [3.05, 3.63) is 41.2 Å². The van der Waals surface area contributed by atoms with Gasteiger partial charge in [0.05, 0.1) is 0 Å². The van der Waals surface area contributed by atoms with Crippen molar-refractivity contribution in [1.29, 1.82) is 0 Å². The second kappa shape index (κ2) is 3.95. The smallest absolute Gasteiger partial charge is 0.241 e. The summed E-state index contributed by atoms with van der Waals surface area (Å²) in [7, 11) is 0. The number of primary amides is 1. The maximum absolute atomic E-state index is 12.6. The minimum atomic E-state index is -1.54.